The van der Waals surface area contributed by atoms with Gasteiger partial charge in [0.25, 0.3) is 0 Å². The molecule has 3 heterocycles. The second-order valence-corrected chi connectivity index (χ2v) is 8.20. The summed E-state index contributed by atoms with van der Waals surface area (Å²) < 4.78 is 0.793. The molecule has 1 fully saturated rings. The van der Waals surface area contributed by atoms with Crippen LogP contribution in [0, 0.1) is 16.7 Å². The quantitative estimate of drug-likeness (QED) is 0.720. The van der Waals surface area contributed by atoms with Gasteiger partial charge in [-0.05, 0) is 55.5 Å². The van der Waals surface area contributed by atoms with E-state index in [-0.39, 0.29) is 5.41 Å². The largest absolute Gasteiger partial charge is 0.299 e. The number of thiophene rings is 1. The fraction of sp³-hybridized carbons (Fsp3) is 0.474. The Bertz CT molecular complexity index is 709. The Morgan fingerprint density at radius 1 is 1.38 bits per heavy atom. The van der Waals surface area contributed by atoms with Gasteiger partial charge in [-0.1, -0.05) is 24.6 Å². The zero-order valence-corrected chi connectivity index (χ0v) is 15.5. The first kappa shape index (κ1) is 17.4. The third kappa shape index (κ3) is 3.97. The second-order valence-electron chi connectivity index (χ2n) is 6.66. The summed E-state index contributed by atoms with van der Waals surface area (Å²) in [4.78, 5) is 7.06. The number of aromatic nitrogens is 1. The molecular formula is C19H22ClN3S. The summed E-state index contributed by atoms with van der Waals surface area (Å²) in [6, 6.07) is 8.57. The van der Waals surface area contributed by atoms with E-state index in [9.17, 15) is 0 Å². The van der Waals surface area contributed by atoms with Crippen LogP contribution in [0.4, 0.5) is 0 Å². The number of nitrogens with zero attached hydrogens (tertiary/aromatic N) is 3. The van der Waals surface area contributed by atoms with Gasteiger partial charge < -0.3 is 0 Å². The van der Waals surface area contributed by atoms with Crippen LogP contribution < -0.4 is 0 Å². The van der Waals surface area contributed by atoms with Crippen molar-refractivity contribution < 1.29 is 0 Å². The summed E-state index contributed by atoms with van der Waals surface area (Å²) >= 11 is 7.52. The van der Waals surface area contributed by atoms with Crippen LogP contribution >= 0.6 is 22.9 Å². The van der Waals surface area contributed by atoms with Crippen molar-refractivity contribution in [3.63, 3.8) is 0 Å². The predicted octanol–water partition coefficient (Wildman–Crippen LogP) is 5.37. The number of hydrogen-bond donors (Lipinski definition) is 0. The number of hydrogen-bond acceptors (Lipinski definition) is 4. The summed E-state index contributed by atoms with van der Waals surface area (Å²) in [5.41, 5.74) is 3.54. The molecule has 2 aromatic rings. The molecule has 2 aromatic heterocycles. The van der Waals surface area contributed by atoms with Crippen molar-refractivity contribution in [2.24, 2.45) is 5.41 Å². The lowest BCUT2D eigenvalue weighted by molar-refractivity contribution is 0.0979. The lowest BCUT2D eigenvalue weighted by Crippen LogP contribution is -2.39. The monoisotopic (exact) mass is 359 g/mol. The zero-order chi connectivity index (χ0) is 17.0. The number of pyridine rings is 1. The molecule has 1 aliphatic heterocycles. The lowest BCUT2D eigenvalue weighted by Gasteiger charge is -2.40. The van der Waals surface area contributed by atoms with Gasteiger partial charge in [-0.25, -0.2) is 0 Å². The van der Waals surface area contributed by atoms with Crippen LogP contribution in [0.1, 0.15) is 38.2 Å². The van der Waals surface area contributed by atoms with Gasteiger partial charge in [0.2, 0.25) is 0 Å². The van der Waals surface area contributed by atoms with E-state index in [2.05, 4.69) is 35.0 Å². The first-order valence-corrected chi connectivity index (χ1v) is 9.68. The summed E-state index contributed by atoms with van der Waals surface area (Å²) in [5.74, 6) is 0. The fourth-order valence-corrected chi connectivity index (χ4v) is 4.27. The Labute approximate surface area is 152 Å². The fourth-order valence-electron chi connectivity index (χ4n) is 3.40. The highest BCUT2D eigenvalue weighted by Gasteiger charge is 2.32. The number of rotatable bonds is 5. The Hall–Kier alpha value is -1.41. The smallest absolute Gasteiger partial charge is 0.0935 e. The van der Waals surface area contributed by atoms with Crippen molar-refractivity contribution in [1.82, 2.24) is 9.88 Å². The molecule has 126 valence electrons. The molecule has 0 saturated carbocycles. The molecule has 5 heteroatoms. The van der Waals surface area contributed by atoms with E-state index in [4.69, 9.17) is 16.9 Å². The van der Waals surface area contributed by atoms with Gasteiger partial charge >= 0.3 is 0 Å². The van der Waals surface area contributed by atoms with Crippen molar-refractivity contribution in [3.05, 3.63) is 39.7 Å². The van der Waals surface area contributed by atoms with E-state index in [0.29, 0.717) is 6.42 Å². The van der Waals surface area contributed by atoms with Gasteiger partial charge in [-0.15, -0.1) is 11.3 Å². The Morgan fingerprint density at radius 2 is 2.17 bits per heavy atom. The molecule has 0 N–H and O–H groups in total. The van der Waals surface area contributed by atoms with Crippen LogP contribution in [0.3, 0.4) is 0 Å². The van der Waals surface area contributed by atoms with Crippen LogP contribution in [0.2, 0.25) is 4.34 Å². The molecule has 3 rings (SSSR count). The van der Waals surface area contributed by atoms with Crippen LogP contribution in [0.25, 0.3) is 11.3 Å². The van der Waals surface area contributed by atoms with E-state index >= 15 is 0 Å². The lowest BCUT2D eigenvalue weighted by atomic mass is 9.74. The van der Waals surface area contributed by atoms with Crippen molar-refractivity contribution in [1.29, 1.82) is 5.26 Å². The minimum absolute atomic E-state index is 0.242. The van der Waals surface area contributed by atoms with E-state index in [1.807, 2.05) is 17.6 Å². The van der Waals surface area contributed by atoms with Crippen molar-refractivity contribution in [2.75, 3.05) is 13.1 Å². The van der Waals surface area contributed by atoms with Crippen molar-refractivity contribution >= 4 is 22.9 Å². The van der Waals surface area contributed by atoms with E-state index < -0.39 is 0 Å². The molecule has 3 nitrogen and oxygen atoms in total. The average Bonchev–Trinajstić information content (AvgIpc) is 3.04. The molecular weight excluding hydrogens is 338 g/mol. The summed E-state index contributed by atoms with van der Waals surface area (Å²) in [7, 11) is 0. The first-order chi connectivity index (χ1) is 11.6. The molecule has 0 aromatic carbocycles. The number of nitriles is 1. The molecule has 1 aliphatic rings. The maximum absolute atomic E-state index is 9.06. The molecule has 1 saturated heterocycles. The van der Waals surface area contributed by atoms with Crippen LogP contribution in [-0.4, -0.2) is 23.0 Å². The first-order valence-electron chi connectivity index (χ1n) is 8.43. The normalized spacial score (nSPS) is 17.5. The molecule has 0 aliphatic carbocycles. The topological polar surface area (TPSA) is 39.9 Å². The second kappa shape index (κ2) is 7.65. The summed E-state index contributed by atoms with van der Waals surface area (Å²) in [6.07, 6.45) is 6.01. The van der Waals surface area contributed by atoms with Crippen LogP contribution in [-0.2, 0) is 6.54 Å². The van der Waals surface area contributed by atoms with E-state index in [1.54, 1.807) is 0 Å². The van der Waals surface area contributed by atoms with Gasteiger partial charge in [0, 0.05) is 30.1 Å². The number of likely N-dealkylation sites (tertiary alicyclic amines) is 1. The molecule has 0 atom stereocenters. The zero-order valence-electron chi connectivity index (χ0n) is 14.0. The van der Waals surface area contributed by atoms with E-state index in [0.717, 1.165) is 54.5 Å². The van der Waals surface area contributed by atoms with Gasteiger partial charge in [-0.2, -0.15) is 5.26 Å². The molecule has 0 amide bonds. The summed E-state index contributed by atoms with van der Waals surface area (Å²) in [6.45, 7) is 5.28. The predicted molar refractivity (Wildman–Crippen MR) is 100 cm³/mol. The minimum atomic E-state index is 0.242. The number of halogens is 1. The standard InChI is InChI=1S/C19H22ClN3S/c1-2-19(5-8-21)6-9-23(10-7-19)13-15-3-4-17(22-12-15)16-11-18(20)24-14-16/h3-4,11-12,14H,2,5-7,9-10,13H2,1H3. The van der Waals surface area contributed by atoms with Gasteiger partial charge in [0.1, 0.15) is 0 Å². The molecule has 0 radical (unpaired) electrons. The SMILES string of the molecule is CCC1(CC#N)CCN(Cc2ccc(-c3csc(Cl)c3)nc2)CC1. The van der Waals surface area contributed by atoms with Crippen molar-refractivity contribution in [3.8, 4) is 17.3 Å². The molecule has 0 bridgehead atoms. The van der Waals surface area contributed by atoms with Gasteiger partial charge in [-0.3, -0.25) is 9.88 Å². The maximum Gasteiger partial charge on any atom is 0.0935 e. The highest BCUT2D eigenvalue weighted by molar-refractivity contribution is 7.14. The summed E-state index contributed by atoms with van der Waals surface area (Å²) in [5, 5.41) is 11.1. The highest BCUT2D eigenvalue weighted by Crippen LogP contribution is 2.38. The minimum Gasteiger partial charge on any atom is -0.299 e. The average molecular weight is 360 g/mol. The van der Waals surface area contributed by atoms with Crippen molar-refractivity contribution in [2.45, 2.75) is 39.2 Å². The third-order valence-corrected chi connectivity index (χ3v) is 6.31. The Balaban J connectivity index is 1.59. The number of piperidine rings is 1. The van der Waals surface area contributed by atoms with Gasteiger partial charge in [0.15, 0.2) is 0 Å². The highest BCUT2D eigenvalue weighted by atomic mass is 35.5. The maximum atomic E-state index is 9.06. The van der Waals surface area contributed by atoms with E-state index in [1.165, 1.54) is 16.9 Å². The Morgan fingerprint density at radius 3 is 2.71 bits per heavy atom. The van der Waals surface area contributed by atoms with Gasteiger partial charge in [0.05, 0.1) is 16.1 Å². The Kier molecular flexibility index (Phi) is 5.55. The molecule has 0 unspecified atom stereocenters. The molecule has 0 spiro atoms. The van der Waals surface area contributed by atoms with Crippen LogP contribution in [0.15, 0.2) is 29.8 Å². The van der Waals surface area contributed by atoms with Crippen LogP contribution in [0.5, 0.6) is 0 Å². The molecule has 24 heavy (non-hydrogen) atoms. The third-order valence-electron chi connectivity index (χ3n) is 5.21.